The molecule has 0 radical (unpaired) electrons. The van der Waals surface area contributed by atoms with Gasteiger partial charge in [-0.3, -0.25) is 4.98 Å². The van der Waals surface area contributed by atoms with Crippen molar-refractivity contribution in [1.29, 1.82) is 0 Å². The van der Waals surface area contributed by atoms with Gasteiger partial charge in [0.1, 0.15) is 0 Å². The fourth-order valence-corrected chi connectivity index (χ4v) is 4.61. The Bertz CT molecular complexity index is 512. The second kappa shape index (κ2) is 5.93. The van der Waals surface area contributed by atoms with Crippen molar-refractivity contribution < 1.29 is 5.11 Å². The number of rotatable bonds is 3. The van der Waals surface area contributed by atoms with Crippen LogP contribution in [0.1, 0.15) is 17.4 Å². The van der Waals surface area contributed by atoms with Gasteiger partial charge in [-0.1, -0.05) is 0 Å². The maximum atomic E-state index is 10.1. The van der Waals surface area contributed by atoms with Gasteiger partial charge >= 0.3 is 0 Å². The first-order chi connectivity index (χ1) is 8.06. The van der Waals surface area contributed by atoms with Crippen LogP contribution in [-0.2, 0) is 6.42 Å². The maximum Gasteiger partial charge on any atom is 0.0865 e. The van der Waals surface area contributed by atoms with Gasteiger partial charge < -0.3 is 5.11 Å². The van der Waals surface area contributed by atoms with Crippen molar-refractivity contribution in [3.05, 3.63) is 47.7 Å². The highest BCUT2D eigenvalue weighted by Gasteiger charge is 2.15. The lowest BCUT2D eigenvalue weighted by Gasteiger charge is -2.09. The third kappa shape index (κ3) is 3.61. The Kier molecular flexibility index (Phi) is 4.77. The summed E-state index contributed by atoms with van der Waals surface area (Å²) in [6.07, 6.45) is 1.70. The predicted molar refractivity (Wildman–Crippen MR) is 80.3 cm³/mol. The minimum Gasteiger partial charge on any atom is -0.388 e. The quantitative estimate of drug-likeness (QED) is 0.748. The standard InChI is InChI=1S/C11H8Br3NOS/c12-6-1-2-7(15-5-6)3-9(16)8-4-10(13)17-11(8)14/h1-2,4-5,9,16H,3H2. The van der Waals surface area contributed by atoms with Gasteiger partial charge in [0.05, 0.1) is 13.7 Å². The molecule has 0 bridgehead atoms. The van der Waals surface area contributed by atoms with E-state index in [4.69, 9.17) is 0 Å². The number of thiophene rings is 1. The van der Waals surface area contributed by atoms with E-state index in [2.05, 4.69) is 52.8 Å². The molecule has 0 amide bonds. The molecule has 0 fully saturated rings. The summed E-state index contributed by atoms with van der Waals surface area (Å²) in [5.41, 5.74) is 1.77. The first-order valence-corrected chi connectivity index (χ1v) is 7.99. The van der Waals surface area contributed by atoms with Crippen molar-refractivity contribution in [1.82, 2.24) is 4.98 Å². The van der Waals surface area contributed by atoms with E-state index in [1.165, 1.54) is 0 Å². The second-order valence-corrected chi connectivity index (χ2v) is 8.13. The van der Waals surface area contributed by atoms with Gasteiger partial charge in [-0.05, 0) is 66.0 Å². The highest BCUT2D eigenvalue weighted by molar-refractivity contribution is 9.12. The molecule has 2 nitrogen and oxygen atoms in total. The molecule has 2 heterocycles. The third-order valence-corrected chi connectivity index (χ3v) is 5.09. The largest absolute Gasteiger partial charge is 0.388 e. The van der Waals surface area contributed by atoms with Crippen LogP contribution in [0.4, 0.5) is 0 Å². The SMILES string of the molecule is OC(Cc1ccc(Br)cn1)c1cc(Br)sc1Br. The molecule has 2 aromatic rings. The van der Waals surface area contributed by atoms with Gasteiger partial charge in [0, 0.05) is 28.3 Å². The first kappa shape index (κ1) is 13.7. The van der Waals surface area contributed by atoms with E-state index >= 15 is 0 Å². The molecule has 0 saturated heterocycles. The molecule has 0 spiro atoms. The Labute approximate surface area is 128 Å². The van der Waals surface area contributed by atoms with E-state index in [0.717, 1.165) is 23.3 Å². The molecular formula is C11H8Br3NOS. The van der Waals surface area contributed by atoms with Crippen LogP contribution in [0.5, 0.6) is 0 Å². The molecule has 17 heavy (non-hydrogen) atoms. The molecule has 6 heteroatoms. The van der Waals surface area contributed by atoms with E-state index in [-0.39, 0.29) is 0 Å². The zero-order chi connectivity index (χ0) is 12.4. The molecule has 0 aliphatic heterocycles. The molecule has 1 N–H and O–H groups in total. The third-order valence-electron chi connectivity index (χ3n) is 2.23. The minimum atomic E-state index is -0.541. The number of aliphatic hydroxyl groups is 1. The van der Waals surface area contributed by atoms with Crippen LogP contribution >= 0.6 is 59.1 Å². The molecule has 0 aliphatic carbocycles. The second-order valence-electron chi connectivity index (χ2n) is 3.47. The van der Waals surface area contributed by atoms with Crippen LogP contribution in [0.3, 0.4) is 0 Å². The Morgan fingerprint density at radius 1 is 1.29 bits per heavy atom. The maximum absolute atomic E-state index is 10.1. The van der Waals surface area contributed by atoms with Gasteiger partial charge in [0.15, 0.2) is 0 Å². The topological polar surface area (TPSA) is 33.1 Å². The smallest absolute Gasteiger partial charge is 0.0865 e. The van der Waals surface area contributed by atoms with Crippen LogP contribution < -0.4 is 0 Å². The molecule has 2 rings (SSSR count). The van der Waals surface area contributed by atoms with Crippen molar-refractivity contribution in [2.45, 2.75) is 12.5 Å². The van der Waals surface area contributed by atoms with E-state index in [9.17, 15) is 5.11 Å². The zero-order valence-corrected chi connectivity index (χ0v) is 14.1. The van der Waals surface area contributed by atoms with Gasteiger partial charge in [-0.15, -0.1) is 11.3 Å². The Hall–Kier alpha value is 0.250. The highest BCUT2D eigenvalue weighted by Crippen LogP contribution is 2.36. The van der Waals surface area contributed by atoms with Gasteiger partial charge in [-0.2, -0.15) is 0 Å². The molecule has 0 aliphatic rings. The predicted octanol–water partition coefficient (Wildman–Crippen LogP) is 4.71. The Balaban J connectivity index is 2.14. The molecule has 1 atom stereocenters. The summed E-state index contributed by atoms with van der Waals surface area (Å²) in [5.74, 6) is 0. The lowest BCUT2D eigenvalue weighted by Crippen LogP contribution is -2.02. The van der Waals surface area contributed by atoms with Crippen molar-refractivity contribution in [2.75, 3.05) is 0 Å². The summed E-state index contributed by atoms with van der Waals surface area (Å²) in [4.78, 5) is 4.25. The van der Waals surface area contributed by atoms with Crippen LogP contribution in [0, 0.1) is 0 Å². The van der Waals surface area contributed by atoms with E-state index in [0.29, 0.717) is 6.42 Å². The van der Waals surface area contributed by atoms with Crippen molar-refractivity contribution in [2.24, 2.45) is 0 Å². The number of aliphatic hydroxyl groups excluding tert-OH is 1. The summed E-state index contributed by atoms with van der Waals surface area (Å²) < 4.78 is 2.89. The van der Waals surface area contributed by atoms with Gasteiger partial charge in [0.2, 0.25) is 0 Å². The van der Waals surface area contributed by atoms with Crippen LogP contribution in [-0.4, -0.2) is 10.1 Å². The Morgan fingerprint density at radius 2 is 2.06 bits per heavy atom. The van der Waals surface area contributed by atoms with Gasteiger partial charge in [0.25, 0.3) is 0 Å². The van der Waals surface area contributed by atoms with Gasteiger partial charge in [-0.25, -0.2) is 0 Å². The number of pyridine rings is 1. The van der Waals surface area contributed by atoms with E-state index < -0.39 is 6.10 Å². The monoisotopic (exact) mass is 439 g/mol. The van der Waals surface area contributed by atoms with Crippen LogP contribution in [0.2, 0.25) is 0 Å². The molecule has 1 unspecified atom stereocenters. The van der Waals surface area contributed by atoms with Crippen LogP contribution in [0.15, 0.2) is 36.4 Å². The molecule has 0 aromatic carbocycles. The normalized spacial score (nSPS) is 12.7. The fourth-order valence-electron chi connectivity index (χ4n) is 1.42. The minimum absolute atomic E-state index is 0.509. The lowest BCUT2D eigenvalue weighted by molar-refractivity contribution is 0.177. The average molecular weight is 442 g/mol. The summed E-state index contributed by atoms with van der Waals surface area (Å²) in [5, 5.41) is 10.1. The van der Waals surface area contributed by atoms with E-state index in [1.807, 2.05) is 18.2 Å². The summed E-state index contributed by atoms with van der Waals surface area (Å²) in [6.45, 7) is 0. The number of nitrogens with zero attached hydrogens (tertiary/aromatic N) is 1. The average Bonchev–Trinajstić information content (AvgIpc) is 2.61. The lowest BCUT2D eigenvalue weighted by atomic mass is 10.1. The number of hydrogen-bond donors (Lipinski definition) is 1. The molecule has 2 aromatic heterocycles. The highest BCUT2D eigenvalue weighted by atomic mass is 79.9. The number of aromatic nitrogens is 1. The summed E-state index contributed by atoms with van der Waals surface area (Å²) >= 11 is 11.7. The number of halogens is 3. The fraction of sp³-hybridized carbons (Fsp3) is 0.182. The zero-order valence-electron chi connectivity index (χ0n) is 8.53. The summed E-state index contributed by atoms with van der Waals surface area (Å²) in [7, 11) is 0. The van der Waals surface area contributed by atoms with Crippen molar-refractivity contribution in [3.8, 4) is 0 Å². The first-order valence-electron chi connectivity index (χ1n) is 4.79. The molecule has 0 saturated carbocycles. The van der Waals surface area contributed by atoms with Crippen molar-refractivity contribution >= 4 is 59.1 Å². The molecule has 90 valence electrons. The van der Waals surface area contributed by atoms with Crippen LogP contribution in [0.25, 0.3) is 0 Å². The Morgan fingerprint density at radius 3 is 2.59 bits per heavy atom. The number of hydrogen-bond acceptors (Lipinski definition) is 3. The summed E-state index contributed by atoms with van der Waals surface area (Å²) in [6, 6.07) is 5.76. The molecular weight excluding hydrogens is 434 g/mol. The van der Waals surface area contributed by atoms with E-state index in [1.54, 1.807) is 17.5 Å². The van der Waals surface area contributed by atoms with Crippen molar-refractivity contribution in [3.63, 3.8) is 0 Å².